The van der Waals surface area contributed by atoms with Crippen LogP contribution in [0.25, 0.3) is 0 Å². The standard InChI is InChI=1S/C24H37NO2/c1-2-3-4-5-6-7-8-9-10-11-12-13-14-15-16-17-18-19-20-21-24(27)25-22-23-26/h3-4,6-7,9-10,12-13,15-16,18-19,26H,2,5,8,11,14,17,20-23H2,1H3,(H,25,27)/b4-3-,7-6+,10-9+,13-12+,16-15+,19-18-. The van der Waals surface area contributed by atoms with Gasteiger partial charge in [0.25, 0.3) is 0 Å². The molecule has 0 aliphatic rings. The van der Waals surface area contributed by atoms with Crippen LogP contribution in [0.1, 0.15) is 58.3 Å². The number of hydrogen-bond acceptors (Lipinski definition) is 2. The molecule has 3 nitrogen and oxygen atoms in total. The van der Waals surface area contributed by atoms with Crippen molar-refractivity contribution in [1.82, 2.24) is 5.32 Å². The molecule has 0 aliphatic carbocycles. The molecule has 0 aromatic heterocycles. The molecular formula is C24H37NO2. The number of aliphatic hydroxyl groups excluding tert-OH is 1. The van der Waals surface area contributed by atoms with Gasteiger partial charge < -0.3 is 10.4 Å². The van der Waals surface area contributed by atoms with E-state index in [4.69, 9.17) is 5.11 Å². The summed E-state index contributed by atoms with van der Waals surface area (Å²) in [7, 11) is 0. The molecule has 0 radical (unpaired) electrons. The Labute approximate surface area is 166 Å². The van der Waals surface area contributed by atoms with Crippen molar-refractivity contribution >= 4 is 5.91 Å². The predicted molar refractivity (Wildman–Crippen MR) is 118 cm³/mol. The van der Waals surface area contributed by atoms with Gasteiger partial charge in [0.2, 0.25) is 5.91 Å². The van der Waals surface area contributed by atoms with Crippen molar-refractivity contribution in [3.05, 3.63) is 72.9 Å². The van der Waals surface area contributed by atoms with Crippen molar-refractivity contribution in [2.45, 2.75) is 58.3 Å². The molecule has 27 heavy (non-hydrogen) atoms. The van der Waals surface area contributed by atoms with E-state index in [2.05, 4.69) is 79.1 Å². The summed E-state index contributed by atoms with van der Waals surface area (Å²) in [6, 6.07) is 0. The molecule has 0 aliphatic heterocycles. The first kappa shape index (κ1) is 24.9. The fourth-order valence-corrected chi connectivity index (χ4v) is 2.14. The number of carbonyl (C=O) groups is 1. The first-order valence-electron chi connectivity index (χ1n) is 10.1. The fraction of sp³-hybridized carbons (Fsp3) is 0.458. The van der Waals surface area contributed by atoms with Crippen LogP contribution in [-0.2, 0) is 4.79 Å². The van der Waals surface area contributed by atoms with Crippen LogP contribution in [-0.4, -0.2) is 24.2 Å². The third-order valence-electron chi connectivity index (χ3n) is 3.57. The zero-order chi connectivity index (χ0) is 19.8. The highest BCUT2D eigenvalue weighted by Crippen LogP contribution is 1.97. The highest BCUT2D eigenvalue weighted by Gasteiger charge is 1.96. The molecule has 150 valence electrons. The lowest BCUT2D eigenvalue weighted by Crippen LogP contribution is -2.25. The van der Waals surface area contributed by atoms with Crippen molar-refractivity contribution in [3.8, 4) is 0 Å². The maximum Gasteiger partial charge on any atom is 0.220 e. The number of nitrogens with one attached hydrogen (secondary N) is 1. The largest absolute Gasteiger partial charge is 0.395 e. The molecule has 0 unspecified atom stereocenters. The third kappa shape index (κ3) is 21.8. The molecule has 3 heteroatoms. The van der Waals surface area contributed by atoms with Gasteiger partial charge in [0, 0.05) is 13.0 Å². The number of amides is 1. The van der Waals surface area contributed by atoms with Gasteiger partial charge in [-0.15, -0.1) is 0 Å². The van der Waals surface area contributed by atoms with Crippen molar-refractivity contribution in [2.24, 2.45) is 0 Å². The van der Waals surface area contributed by atoms with E-state index in [1.165, 1.54) is 0 Å². The molecule has 0 atom stereocenters. The summed E-state index contributed by atoms with van der Waals surface area (Å²) in [4.78, 5) is 11.3. The molecule has 0 bridgehead atoms. The second-order valence-corrected chi connectivity index (χ2v) is 6.03. The van der Waals surface area contributed by atoms with Crippen molar-refractivity contribution in [1.29, 1.82) is 0 Å². The first-order valence-corrected chi connectivity index (χ1v) is 10.1. The second-order valence-electron chi connectivity index (χ2n) is 6.03. The van der Waals surface area contributed by atoms with E-state index in [9.17, 15) is 4.79 Å². The molecule has 1 amide bonds. The summed E-state index contributed by atoms with van der Waals surface area (Å²) < 4.78 is 0. The minimum atomic E-state index is -0.0106. The van der Waals surface area contributed by atoms with E-state index in [1.807, 2.05) is 6.08 Å². The van der Waals surface area contributed by atoms with E-state index in [0.717, 1.165) is 44.9 Å². The van der Waals surface area contributed by atoms with Crippen LogP contribution >= 0.6 is 0 Å². The van der Waals surface area contributed by atoms with Crippen molar-refractivity contribution in [2.75, 3.05) is 13.2 Å². The normalized spacial score (nSPS) is 12.8. The zero-order valence-corrected chi connectivity index (χ0v) is 16.9. The second kappa shape index (κ2) is 21.9. The zero-order valence-electron chi connectivity index (χ0n) is 16.9. The van der Waals surface area contributed by atoms with E-state index in [0.29, 0.717) is 13.0 Å². The van der Waals surface area contributed by atoms with Gasteiger partial charge >= 0.3 is 0 Å². The van der Waals surface area contributed by atoms with E-state index >= 15 is 0 Å². The Morgan fingerprint density at radius 2 is 1.11 bits per heavy atom. The lowest BCUT2D eigenvalue weighted by molar-refractivity contribution is -0.121. The van der Waals surface area contributed by atoms with Crippen LogP contribution in [0.4, 0.5) is 0 Å². The Hall–Kier alpha value is -2.13. The molecule has 0 saturated heterocycles. The molecule has 0 aromatic carbocycles. The SMILES string of the molecule is CC/C=C\C/C=C/C/C=C/C/C=C/C/C=C/C/C=C\CCC(=O)NCCO. The number of rotatable bonds is 16. The van der Waals surface area contributed by atoms with Crippen LogP contribution in [0.15, 0.2) is 72.9 Å². The fourth-order valence-electron chi connectivity index (χ4n) is 2.14. The Kier molecular flexibility index (Phi) is 20.2. The maximum atomic E-state index is 11.3. The topological polar surface area (TPSA) is 49.3 Å². The number of allylic oxidation sites excluding steroid dienone is 12. The van der Waals surface area contributed by atoms with E-state index < -0.39 is 0 Å². The van der Waals surface area contributed by atoms with E-state index in [1.54, 1.807) is 0 Å². The molecular weight excluding hydrogens is 334 g/mol. The highest BCUT2D eigenvalue weighted by molar-refractivity contribution is 5.75. The van der Waals surface area contributed by atoms with Gasteiger partial charge in [0.15, 0.2) is 0 Å². The smallest absolute Gasteiger partial charge is 0.220 e. The van der Waals surface area contributed by atoms with Gasteiger partial charge in [0.05, 0.1) is 6.61 Å². The molecule has 2 N–H and O–H groups in total. The molecule has 0 rings (SSSR count). The minimum absolute atomic E-state index is 0.00828. The van der Waals surface area contributed by atoms with Crippen LogP contribution in [0, 0.1) is 0 Å². The lowest BCUT2D eigenvalue weighted by Gasteiger charge is -1.99. The van der Waals surface area contributed by atoms with Gasteiger partial charge in [0.1, 0.15) is 0 Å². The van der Waals surface area contributed by atoms with Gasteiger partial charge in [-0.1, -0.05) is 79.8 Å². The summed E-state index contributed by atoms with van der Waals surface area (Å²) in [5.74, 6) is -0.0106. The van der Waals surface area contributed by atoms with Gasteiger partial charge in [-0.2, -0.15) is 0 Å². The van der Waals surface area contributed by atoms with Crippen LogP contribution in [0.5, 0.6) is 0 Å². The van der Waals surface area contributed by atoms with Gasteiger partial charge in [-0.05, 0) is 44.9 Å². The summed E-state index contributed by atoms with van der Waals surface area (Å²) >= 11 is 0. The average molecular weight is 372 g/mol. The van der Waals surface area contributed by atoms with Crippen molar-refractivity contribution < 1.29 is 9.90 Å². The molecule has 0 saturated carbocycles. The Morgan fingerprint density at radius 3 is 1.52 bits per heavy atom. The van der Waals surface area contributed by atoms with Gasteiger partial charge in [-0.3, -0.25) is 4.79 Å². The molecule has 0 heterocycles. The first-order chi connectivity index (χ1) is 13.3. The maximum absolute atomic E-state index is 11.3. The summed E-state index contributed by atoms with van der Waals surface area (Å²) in [6.07, 6.45) is 33.2. The highest BCUT2D eigenvalue weighted by atomic mass is 16.3. The average Bonchev–Trinajstić information content (AvgIpc) is 2.68. The number of carbonyl (C=O) groups excluding carboxylic acids is 1. The third-order valence-corrected chi connectivity index (χ3v) is 3.57. The summed E-state index contributed by atoms with van der Waals surface area (Å²) in [6.45, 7) is 2.48. The molecule has 0 spiro atoms. The summed E-state index contributed by atoms with van der Waals surface area (Å²) in [5, 5.41) is 11.2. The summed E-state index contributed by atoms with van der Waals surface area (Å²) in [5.41, 5.74) is 0. The number of hydrogen-bond donors (Lipinski definition) is 2. The van der Waals surface area contributed by atoms with Crippen LogP contribution in [0.2, 0.25) is 0 Å². The molecule has 0 aromatic rings. The monoisotopic (exact) mass is 371 g/mol. The Morgan fingerprint density at radius 1 is 0.704 bits per heavy atom. The Balaban J connectivity index is 3.54. The molecule has 0 fully saturated rings. The Bertz CT molecular complexity index is 510. The van der Waals surface area contributed by atoms with Crippen LogP contribution < -0.4 is 5.32 Å². The quantitative estimate of drug-likeness (QED) is 0.348. The predicted octanol–water partition coefficient (Wildman–Crippen LogP) is 5.57. The minimum Gasteiger partial charge on any atom is -0.395 e. The van der Waals surface area contributed by atoms with Crippen molar-refractivity contribution in [3.63, 3.8) is 0 Å². The number of aliphatic hydroxyl groups is 1. The van der Waals surface area contributed by atoms with Gasteiger partial charge in [-0.25, -0.2) is 0 Å². The van der Waals surface area contributed by atoms with Crippen LogP contribution in [0.3, 0.4) is 0 Å². The lowest BCUT2D eigenvalue weighted by atomic mass is 10.2. The van der Waals surface area contributed by atoms with E-state index in [-0.39, 0.29) is 12.5 Å².